The first-order valence-electron chi connectivity index (χ1n) is 6.08. The Morgan fingerprint density at radius 3 is 2.32 bits per heavy atom. The predicted octanol–water partition coefficient (Wildman–Crippen LogP) is 1.70. The molecule has 19 heavy (non-hydrogen) atoms. The molecule has 0 aliphatic heterocycles. The minimum atomic E-state index is -0.838. The zero-order valence-electron chi connectivity index (χ0n) is 10.4. The van der Waals surface area contributed by atoms with Crippen LogP contribution in [0.25, 0.3) is 0 Å². The topological polar surface area (TPSA) is 86.7 Å². The summed E-state index contributed by atoms with van der Waals surface area (Å²) in [6.45, 7) is 0. The number of hydrogen-bond acceptors (Lipinski definition) is 4. The van der Waals surface area contributed by atoms with Crippen LogP contribution in [0.3, 0.4) is 0 Å². The van der Waals surface area contributed by atoms with Crippen LogP contribution in [0.5, 0.6) is 11.5 Å². The summed E-state index contributed by atoms with van der Waals surface area (Å²) in [5.41, 5.74) is 7.23. The number of para-hydroxylation sites is 1. The Hall–Kier alpha value is -2.04. The van der Waals surface area contributed by atoms with E-state index in [0.29, 0.717) is 12.0 Å². The normalized spacial score (nSPS) is 14.0. The van der Waals surface area contributed by atoms with Gasteiger partial charge in [0.2, 0.25) is 0 Å². The average molecular weight is 259 g/mol. The van der Waals surface area contributed by atoms with E-state index in [-0.39, 0.29) is 11.5 Å². The Labute approximate surface area is 111 Å². The van der Waals surface area contributed by atoms with Gasteiger partial charge in [-0.15, -0.1) is 0 Å². The molecule has 0 radical (unpaired) electrons. The van der Waals surface area contributed by atoms with Gasteiger partial charge < -0.3 is 21.1 Å². The summed E-state index contributed by atoms with van der Waals surface area (Å²) in [6, 6.07) is 13.3. The van der Waals surface area contributed by atoms with Gasteiger partial charge in [-0.3, -0.25) is 0 Å². The first-order valence-corrected chi connectivity index (χ1v) is 6.08. The van der Waals surface area contributed by atoms with Crippen LogP contribution in [0.15, 0.2) is 48.5 Å². The maximum Gasteiger partial charge on any atom is 0.162 e. The van der Waals surface area contributed by atoms with E-state index in [0.717, 1.165) is 5.56 Å². The third-order valence-corrected chi connectivity index (χ3v) is 3.11. The van der Waals surface area contributed by atoms with Crippen molar-refractivity contribution in [2.24, 2.45) is 5.73 Å². The predicted molar refractivity (Wildman–Crippen MR) is 72.9 cm³/mol. The van der Waals surface area contributed by atoms with Crippen LogP contribution in [0.4, 0.5) is 0 Å². The summed E-state index contributed by atoms with van der Waals surface area (Å²) < 4.78 is 0. The van der Waals surface area contributed by atoms with E-state index in [1.165, 1.54) is 6.07 Å². The lowest BCUT2D eigenvalue weighted by Crippen LogP contribution is -2.28. The van der Waals surface area contributed by atoms with Gasteiger partial charge in [0, 0.05) is 12.0 Å². The second-order valence-electron chi connectivity index (χ2n) is 4.50. The maximum atomic E-state index is 10.1. The van der Waals surface area contributed by atoms with E-state index in [1.54, 1.807) is 12.1 Å². The molecule has 2 aromatic carbocycles. The lowest BCUT2D eigenvalue weighted by atomic mass is 9.96. The highest BCUT2D eigenvalue weighted by molar-refractivity contribution is 5.46. The number of phenols is 2. The fourth-order valence-corrected chi connectivity index (χ4v) is 2.01. The van der Waals surface area contributed by atoms with Crippen molar-refractivity contribution >= 4 is 0 Å². The molecule has 4 heteroatoms. The van der Waals surface area contributed by atoms with E-state index in [4.69, 9.17) is 5.73 Å². The number of aliphatic hydroxyl groups excluding tert-OH is 1. The Balaban J connectivity index is 2.15. The molecule has 0 spiro atoms. The van der Waals surface area contributed by atoms with E-state index >= 15 is 0 Å². The van der Waals surface area contributed by atoms with Crippen LogP contribution >= 0.6 is 0 Å². The van der Waals surface area contributed by atoms with Gasteiger partial charge in [0.25, 0.3) is 0 Å². The summed E-state index contributed by atoms with van der Waals surface area (Å²) in [4.78, 5) is 0. The van der Waals surface area contributed by atoms with E-state index < -0.39 is 12.1 Å². The summed E-state index contributed by atoms with van der Waals surface area (Å²) in [5.74, 6) is -0.512. The molecule has 0 amide bonds. The minimum Gasteiger partial charge on any atom is -0.504 e. The molecule has 0 unspecified atom stereocenters. The second-order valence-corrected chi connectivity index (χ2v) is 4.50. The van der Waals surface area contributed by atoms with Crippen molar-refractivity contribution in [3.8, 4) is 11.5 Å². The Bertz CT molecular complexity index is 542. The zero-order chi connectivity index (χ0) is 13.8. The molecular weight excluding hydrogens is 242 g/mol. The molecule has 100 valence electrons. The van der Waals surface area contributed by atoms with Gasteiger partial charge in [0.1, 0.15) is 0 Å². The third-order valence-electron chi connectivity index (χ3n) is 3.11. The first-order chi connectivity index (χ1) is 9.09. The molecular formula is C15H17NO3. The maximum absolute atomic E-state index is 10.1. The van der Waals surface area contributed by atoms with Crippen molar-refractivity contribution in [3.05, 3.63) is 59.7 Å². The Morgan fingerprint density at radius 1 is 0.947 bits per heavy atom. The van der Waals surface area contributed by atoms with Gasteiger partial charge in [-0.05, 0) is 11.6 Å². The lowest BCUT2D eigenvalue weighted by Gasteiger charge is -2.20. The number of phenolic OH excluding ortho intramolecular Hbond substituents is 2. The number of rotatable bonds is 4. The van der Waals surface area contributed by atoms with E-state index in [2.05, 4.69) is 0 Å². The molecule has 0 saturated carbocycles. The van der Waals surface area contributed by atoms with Gasteiger partial charge in [-0.2, -0.15) is 0 Å². The van der Waals surface area contributed by atoms with E-state index in [1.807, 2.05) is 30.3 Å². The van der Waals surface area contributed by atoms with Gasteiger partial charge in [-0.25, -0.2) is 0 Å². The standard InChI is InChI=1S/C15H17NO3/c16-14(11-7-4-8-12(17)15(11)19)13(18)9-10-5-2-1-3-6-10/h1-8,13-14,17-19H,9,16H2/t13-,14+/m0/s1. The monoisotopic (exact) mass is 259 g/mol. The molecule has 2 aromatic rings. The van der Waals surface area contributed by atoms with Gasteiger partial charge in [0.05, 0.1) is 12.1 Å². The van der Waals surface area contributed by atoms with Crippen LogP contribution < -0.4 is 5.73 Å². The number of benzene rings is 2. The van der Waals surface area contributed by atoms with Gasteiger partial charge in [0.15, 0.2) is 11.5 Å². The highest BCUT2D eigenvalue weighted by Crippen LogP contribution is 2.33. The largest absolute Gasteiger partial charge is 0.504 e. The van der Waals surface area contributed by atoms with Crippen LogP contribution in [0.1, 0.15) is 17.2 Å². The number of aliphatic hydroxyl groups is 1. The van der Waals surface area contributed by atoms with E-state index in [9.17, 15) is 15.3 Å². The fraction of sp³-hybridized carbons (Fsp3) is 0.200. The van der Waals surface area contributed by atoms with Gasteiger partial charge >= 0.3 is 0 Å². The van der Waals surface area contributed by atoms with Crippen LogP contribution in [-0.2, 0) is 6.42 Å². The summed E-state index contributed by atoms with van der Waals surface area (Å²) in [7, 11) is 0. The minimum absolute atomic E-state index is 0.236. The molecule has 0 aromatic heterocycles. The molecule has 4 nitrogen and oxygen atoms in total. The molecule has 2 atom stereocenters. The average Bonchev–Trinajstić information content (AvgIpc) is 2.42. The zero-order valence-corrected chi connectivity index (χ0v) is 10.4. The van der Waals surface area contributed by atoms with Crippen molar-refractivity contribution in [1.82, 2.24) is 0 Å². The Kier molecular flexibility index (Phi) is 4.04. The molecule has 2 rings (SSSR count). The van der Waals surface area contributed by atoms with Crippen LogP contribution in [-0.4, -0.2) is 21.4 Å². The summed E-state index contributed by atoms with van der Waals surface area (Å²) in [6.07, 6.45) is -0.452. The smallest absolute Gasteiger partial charge is 0.162 e. The second kappa shape index (κ2) is 5.73. The van der Waals surface area contributed by atoms with Crippen LogP contribution in [0.2, 0.25) is 0 Å². The van der Waals surface area contributed by atoms with Crippen molar-refractivity contribution in [2.45, 2.75) is 18.6 Å². The molecule has 0 bridgehead atoms. The highest BCUT2D eigenvalue weighted by atomic mass is 16.3. The molecule has 0 fully saturated rings. The lowest BCUT2D eigenvalue weighted by molar-refractivity contribution is 0.143. The molecule has 0 aliphatic rings. The molecule has 5 N–H and O–H groups in total. The van der Waals surface area contributed by atoms with Crippen molar-refractivity contribution in [3.63, 3.8) is 0 Å². The SMILES string of the molecule is N[C@H](c1cccc(O)c1O)[C@@H](O)Cc1ccccc1. The number of aromatic hydroxyl groups is 2. The number of hydrogen-bond donors (Lipinski definition) is 4. The molecule has 0 saturated heterocycles. The number of nitrogens with two attached hydrogens (primary N) is 1. The van der Waals surface area contributed by atoms with Crippen molar-refractivity contribution in [1.29, 1.82) is 0 Å². The summed E-state index contributed by atoms with van der Waals surface area (Å²) >= 11 is 0. The van der Waals surface area contributed by atoms with Crippen molar-refractivity contribution < 1.29 is 15.3 Å². The molecule has 0 aliphatic carbocycles. The third kappa shape index (κ3) is 3.05. The quantitative estimate of drug-likeness (QED) is 0.629. The van der Waals surface area contributed by atoms with Crippen LogP contribution in [0, 0.1) is 0 Å². The summed E-state index contributed by atoms with van der Waals surface area (Å²) in [5, 5.41) is 29.3. The first kappa shape index (κ1) is 13.4. The fourth-order valence-electron chi connectivity index (χ4n) is 2.01. The Morgan fingerprint density at radius 2 is 1.63 bits per heavy atom. The van der Waals surface area contributed by atoms with Crippen molar-refractivity contribution in [2.75, 3.05) is 0 Å². The van der Waals surface area contributed by atoms with Gasteiger partial charge in [-0.1, -0.05) is 42.5 Å². The molecule has 0 heterocycles. The highest BCUT2D eigenvalue weighted by Gasteiger charge is 2.21.